The number of anilines is 4. The quantitative estimate of drug-likeness (QED) is 0.453. The number of nitrogens with two attached hydrogens (primary N) is 2. The standard InChI is InChI=1S/C13H16F2N6O2/c1-21(17)10-5-9(7(14)4-11(10)23-3-2-22)19-13-18-6-8(15)12(16)20-13/h4-6,22H,2-3,17H2,1H3,(H3,16,18,19,20). The maximum absolute atomic E-state index is 14.2. The summed E-state index contributed by atoms with van der Waals surface area (Å²) in [4.78, 5) is 7.33. The molecule has 2 rings (SSSR count). The SMILES string of the molecule is CN(N)c1cc(Nc2ncc(F)c(N)n2)c(F)cc1OCCO. The Labute approximate surface area is 130 Å². The molecule has 0 radical (unpaired) electrons. The number of hydrogen-bond acceptors (Lipinski definition) is 8. The van der Waals surface area contributed by atoms with Crippen LogP contribution in [0.3, 0.4) is 0 Å². The molecule has 1 aromatic heterocycles. The van der Waals surface area contributed by atoms with E-state index in [-0.39, 0.29) is 36.4 Å². The van der Waals surface area contributed by atoms with Crippen LogP contribution < -0.4 is 26.6 Å². The van der Waals surface area contributed by atoms with E-state index in [1.807, 2.05) is 0 Å². The minimum atomic E-state index is -0.772. The van der Waals surface area contributed by atoms with E-state index < -0.39 is 11.6 Å². The summed E-state index contributed by atoms with van der Waals surface area (Å²) >= 11 is 0. The summed E-state index contributed by atoms with van der Waals surface area (Å²) in [5.41, 5.74) is 5.70. The minimum Gasteiger partial charge on any atom is -0.489 e. The van der Waals surface area contributed by atoms with Crippen molar-refractivity contribution in [3.05, 3.63) is 30.0 Å². The van der Waals surface area contributed by atoms with Crippen molar-refractivity contribution in [1.82, 2.24) is 9.97 Å². The van der Waals surface area contributed by atoms with E-state index >= 15 is 0 Å². The zero-order valence-corrected chi connectivity index (χ0v) is 12.3. The van der Waals surface area contributed by atoms with E-state index in [0.717, 1.165) is 12.3 Å². The highest BCUT2D eigenvalue weighted by atomic mass is 19.1. The number of nitrogens with zero attached hydrogens (tertiary/aromatic N) is 3. The average molecular weight is 326 g/mol. The monoisotopic (exact) mass is 326 g/mol. The molecule has 0 bridgehead atoms. The first-order valence-corrected chi connectivity index (χ1v) is 6.53. The Morgan fingerprint density at radius 2 is 2.09 bits per heavy atom. The van der Waals surface area contributed by atoms with Gasteiger partial charge in [-0.1, -0.05) is 0 Å². The molecule has 0 atom stereocenters. The zero-order chi connectivity index (χ0) is 17.0. The molecule has 1 heterocycles. The largest absolute Gasteiger partial charge is 0.489 e. The summed E-state index contributed by atoms with van der Waals surface area (Å²) in [6.07, 6.45) is 0.872. The molecule has 0 saturated carbocycles. The van der Waals surface area contributed by atoms with E-state index in [1.54, 1.807) is 0 Å². The number of nitrogen functional groups attached to an aromatic ring is 1. The average Bonchev–Trinajstić information content (AvgIpc) is 2.50. The molecule has 1 aromatic carbocycles. The highest BCUT2D eigenvalue weighted by molar-refractivity contribution is 5.68. The Balaban J connectivity index is 2.34. The number of benzene rings is 1. The number of nitrogens with one attached hydrogen (secondary N) is 1. The van der Waals surface area contributed by atoms with Crippen LogP contribution in [0.2, 0.25) is 0 Å². The Morgan fingerprint density at radius 1 is 1.35 bits per heavy atom. The Hall–Kier alpha value is -2.72. The van der Waals surface area contributed by atoms with Gasteiger partial charge in [-0.05, 0) is 6.07 Å². The number of halogens is 2. The lowest BCUT2D eigenvalue weighted by Gasteiger charge is -2.19. The molecule has 0 aliphatic heterocycles. The van der Waals surface area contributed by atoms with Gasteiger partial charge in [0, 0.05) is 13.1 Å². The molecule has 0 amide bonds. The molecule has 2 aromatic rings. The van der Waals surface area contributed by atoms with E-state index in [9.17, 15) is 8.78 Å². The van der Waals surface area contributed by atoms with Crippen LogP contribution in [0.15, 0.2) is 18.3 Å². The third-order valence-electron chi connectivity index (χ3n) is 2.80. The Bertz CT molecular complexity index is 698. The molecule has 0 aliphatic carbocycles. The molecular formula is C13H16F2N6O2. The molecule has 8 nitrogen and oxygen atoms in total. The second kappa shape index (κ2) is 7.03. The van der Waals surface area contributed by atoms with Crippen LogP contribution in [0, 0.1) is 11.6 Å². The van der Waals surface area contributed by atoms with Crippen molar-refractivity contribution >= 4 is 23.1 Å². The van der Waals surface area contributed by atoms with Crippen molar-refractivity contribution in [2.24, 2.45) is 5.84 Å². The van der Waals surface area contributed by atoms with Crippen molar-refractivity contribution in [2.45, 2.75) is 0 Å². The second-order valence-electron chi connectivity index (χ2n) is 4.53. The van der Waals surface area contributed by atoms with Crippen LogP contribution in [0.4, 0.5) is 31.9 Å². The van der Waals surface area contributed by atoms with E-state index in [1.165, 1.54) is 18.1 Å². The Morgan fingerprint density at radius 3 is 2.70 bits per heavy atom. The summed E-state index contributed by atoms with van der Waals surface area (Å²) in [6, 6.07) is 2.47. The molecular weight excluding hydrogens is 310 g/mol. The van der Waals surface area contributed by atoms with E-state index in [0.29, 0.717) is 5.69 Å². The maximum Gasteiger partial charge on any atom is 0.229 e. The third kappa shape index (κ3) is 3.93. The lowest BCUT2D eigenvalue weighted by atomic mass is 10.2. The molecule has 10 heteroatoms. The highest BCUT2D eigenvalue weighted by Gasteiger charge is 2.14. The van der Waals surface area contributed by atoms with Gasteiger partial charge in [-0.2, -0.15) is 4.98 Å². The minimum absolute atomic E-state index is 0.000318. The van der Waals surface area contributed by atoms with Gasteiger partial charge in [0.05, 0.1) is 24.2 Å². The summed E-state index contributed by atoms with van der Waals surface area (Å²) < 4.78 is 32.4. The summed E-state index contributed by atoms with van der Waals surface area (Å²) in [7, 11) is 1.54. The molecule has 0 spiro atoms. The van der Waals surface area contributed by atoms with E-state index in [4.69, 9.17) is 21.4 Å². The zero-order valence-electron chi connectivity index (χ0n) is 12.3. The third-order valence-corrected chi connectivity index (χ3v) is 2.80. The summed E-state index contributed by atoms with van der Waals surface area (Å²) in [5.74, 6) is 3.97. The van der Waals surface area contributed by atoms with Gasteiger partial charge >= 0.3 is 0 Å². The number of aliphatic hydroxyl groups excluding tert-OH is 1. The van der Waals surface area contributed by atoms with Gasteiger partial charge < -0.3 is 25.9 Å². The van der Waals surface area contributed by atoms with Crippen LogP contribution >= 0.6 is 0 Å². The predicted octanol–water partition coefficient (Wildman–Crippen LogP) is 0.762. The molecule has 0 fully saturated rings. The molecule has 0 saturated heterocycles. The van der Waals surface area contributed by atoms with Gasteiger partial charge in [-0.3, -0.25) is 0 Å². The number of aromatic nitrogens is 2. The molecule has 0 unspecified atom stereocenters. The lowest BCUT2D eigenvalue weighted by Crippen LogP contribution is -2.26. The lowest BCUT2D eigenvalue weighted by molar-refractivity contribution is 0.201. The van der Waals surface area contributed by atoms with Gasteiger partial charge in [-0.25, -0.2) is 19.6 Å². The Kier molecular flexibility index (Phi) is 5.09. The van der Waals surface area contributed by atoms with Crippen molar-refractivity contribution in [1.29, 1.82) is 0 Å². The molecule has 6 N–H and O–H groups in total. The highest BCUT2D eigenvalue weighted by Crippen LogP contribution is 2.33. The number of ether oxygens (including phenoxy) is 1. The number of hydrazine groups is 1. The van der Waals surface area contributed by atoms with Gasteiger partial charge in [0.2, 0.25) is 5.95 Å². The van der Waals surface area contributed by atoms with Crippen molar-refractivity contribution < 1.29 is 18.6 Å². The topological polar surface area (TPSA) is 123 Å². The number of aliphatic hydroxyl groups is 1. The predicted molar refractivity (Wildman–Crippen MR) is 81.3 cm³/mol. The van der Waals surface area contributed by atoms with Crippen LogP contribution in [0.1, 0.15) is 0 Å². The normalized spacial score (nSPS) is 10.5. The molecule has 124 valence electrons. The van der Waals surface area contributed by atoms with Gasteiger partial charge in [-0.15, -0.1) is 0 Å². The van der Waals surface area contributed by atoms with Gasteiger partial charge in [0.25, 0.3) is 0 Å². The fraction of sp³-hybridized carbons (Fsp3) is 0.231. The number of hydrogen-bond donors (Lipinski definition) is 4. The van der Waals surface area contributed by atoms with Crippen molar-refractivity contribution in [2.75, 3.05) is 36.3 Å². The van der Waals surface area contributed by atoms with Gasteiger partial charge in [0.1, 0.15) is 12.4 Å². The number of rotatable bonds is 6. The van der Waals surface area contributed by atoms with Crippen LogP contribution in [-0.2, 0) is 0 Å². The maximum atomic E-state index is 14.2. The van der Waals surface area contributed by atoms with Crippen LogP contribution in [0.5, 0.6) is 5.75 Å². The van der Waals surface area contributed by atoms with E-state index in [2.05, 4.69) is 15.3 Å². The second-order valence-corrected chi connectivity index (χ2v) is 4.53. The first kappa shape index (κ1) is 16.6. The first-order chi connectivity index (χ1) is 10.9. The van der Waals surface area contributed by atoms with Crippen LogP contribution in [-0.4, -0.2) is 35.3 Å². The van der Waals surface area contributed by atoms with Crippen molar-refractivity contribution in [3.8, 4) is 5.75 Å². The first-order valence-electron chi connectivity index (χ1n) is 6.53. The van der Waals surface area contributed by atoms with Crippen molar-refractivity contribution in [3.63, 3.8) is 0 Å². The molecule has 0 aliphatic rings. The summed E-state index contributed by atoms with van der Waals surface area (Å²) in [5, 5.41) is 12.6. The smallest absolute Gasteiger partial charge is 0.229 e. The van der Waals surface area contributed by atoms with Gasteiger partial charge in [0.15, 0.2) is 17.5 Å². The fourth-order valence-corrected chi connectivity index (χ4v) is 1.75. The van der Waals surface area contributed by atoms with Crippen LogP contribution in [0.25, 0.3) is 0 Å². The summed E-state index contributed by atoms with van der Waals surface area (Å²) in [6.45, 7) is -0.233. The molecule has 23 heavy (non-hydrogen) atoms. The fourth-order valence-electron chi connectivity index (χ4n) is 1.75.